The van der Waals surface area contributed by atoms with Crippen molar-refractivity contribution in [2.24, 2.45) is 0 Å². The number of nitrogens with zero attached hydrogens (tertiary/aromatic N) is 1. The lowest BCUT2D eigenvalue weighted by atomic mass is 10.2. The molecule has 0 aliphatic carbocycles. The number of hydrogen-bond donors (Lipinski definition) is 1. The van der Waals surface area contributed by atoms with E-state index in [1.807, 2.05) is 37.4 Å². The molecule has 1 heterocycles. The van der Waals surface area contributed by atoms with Gasteiger partial charge >= 0.3 is 0 Å². The summed E-state index contributed by atoms with van der Waals surface area (Å²) < 4.78 is 10.7. The number of methoxy groups -OCH3 is 1. The predicted molar refractivity (Wildman–Crippen MR) is 82.3 cm³/mol. The summed E-state index contributed by atoms with van der Waals surface area (Å²) in [5.41, 5.74) is 1.06. The van der Waals surface area contributed by atoms with Crippen LogP contribution in [0.2, 0.25) is 0 Å². The Hall–Kier alpha value is -1.43. The molecule has 0 radical (unpaired) electrons. The average molecular weight is 292 g/mol. The molecule has 4 nitrogen and oxygen atoms in total. The second kappa shape index (κ2) is 7.99. The molecule has 0 saturated carbocycles. The first-order valence-electron chi connectivity index (χ1n) is 6.71. The van der Waals surface area contributed by atoms with Crippen molar-refractivity contribution in [3.05, 3.63) is 35.3 Å². The highest BCUT2D eigenvalue weighted by atomic mass is 32.1. The van der Waals surface area contributed by atoms with Crippen LogP contribution in [-0.2, 0) is 11.3 Å². The number of rotatable bonds is 8. The summed E-state index contributed by atoms with van der Waals surface area (Å²) in [5, 5.41) is 4.32. The van der Waals surface area contributed by atoms with Crippen LogP contribution in [-0.4, -0.2) is 31.9 Å². The highest BCUT2D eigenvalue weighted by Gasteiger charge is 2.09. The van der Waals surface area contributed by atoms with Crippen molar-refractivity contribution in [3.8, 4) is 16.3 Å². The van der Waals surface area contributed by atoms with Gasteiger partial charge in [-0.2, -0.15) is 0 Å². The fraction of sp³-hybridized carbons (Fsp3) is 0.400. The minimum atomic E-state index is 0.661. The molecule has 0 bridgehead atoms. The summed E-state index contributed by atoms with van der Waals surface area (Å²) in [7, 11) is 1.71. The van der Waals surface area contributed by atoms with Crippen LogP contribution in [0.25, 0.3) is 10.6 Å². The minimum absolute atomic E-state index is 0.661. The fourth-order valence-electron chi connectivity index (χ4n) is 1.82. The number of ether oxygens (including phenoxy) is 2. The maximum absolute atomic E-state index is 5.65. The number of benzene rings is 1. The van der Waals surface area contributed by atoms with Gasteiger partial charge in [0, 0.05) is 31.3 Å². The van der Waals surface area contributed by atoms with Gasteiger partial charge < -0.3 is 14.8 Å². The second-order valence-electron chi connectivity index (χ2n) is 4.23. The molecule has 1 N–H and O–H groups in total. The lowest BCUT2D eigenvalue weighted by Crippen LogP contribution is -2.17. The first-order valence-corrected chi connectivity index (χ1v) is 7.53. The van der Waals surface area contributed by atoms with E-state index in [1.165, 1.54) is 4.88 Å². The van der Waals surface area contributed by atoms with E-state index in [-0.39, 0.29) is 0 Å². The Balaban J connectivity index is 2.04. The van der Waals surface area contributed by atoms with E-state index in [0.717, 1.165) is 36.0 Å². The van der Waals surface area contributed by atoms with Crippen LogP contribution < -0.4 is 10.1 Å². The Morgan fingerprint density at radius 1 is 1.30 bits per heavy atom. The van der Waals surface area contributed by atoms with Gasteiger partial charge in [-0.1, -0.05) is 12.1 Å². The van der Waals surface area contributed by atoms with E-state index in [4.69, 9.17) is 9.47 Å². The predicted octanol–water partition coefficient (Wildman–Crippen LogP) is 2.94. The Labute approximate surface area is 123 Å². The molecule has 1 aromatic carbocycles. The molecule has 0 amide bonds. The van der Waals surface area contributed by atoms with Crippen LogP contribution in [0.1, 0.15) is 11.8 Å². The van der Waals surface area contributed by atoms with Gasteiger partial charge in [0.05, 0.1) is 18.8 Å². The number of nitrogens with one attached hydrogen (secondary N) is 1. The Morgan fingerprint density at radius 3 is 2.95 bits per heavy atom. The Kier molecular flexibility index (Phi) is 5.98. The van der Waals surface area contributed by atoms with Gasteiger partial charge in [-0.3, -0.25) is 0 Å². The first-order chi connectivity index (χ1) is 9.85. The fourth-order valence-corrected chi connectivity index (χ4v) is 2.74. The van der Waals surface area contributed by atoms with E-state index in [0.29, 0.717) is 6.61 Å². The largest absolute Gasteiger partial charge is 0.493 e. The molecular weight excluding hydrogens is 272 g/mol. The minimum Gasteiger partial charge on any atom is -0.493 e. The third-order valence-electron chi connectivity index (χ3n) is 2.75. The smallest absolute Gasteiger partial charge is 0.129 e. The Bertz CT molecular complexity index is 528. The topological polar surface area (TPSA) is 43.4 Å². The van der Waals surface area contributed by atoms with Crippen molar-refractivity contribution in [1.29, 1.82) is 0 Å². The molecule has 0 fully saturated rings. The summed E-state index contributed by atoms with van der Waals surface area (Å²) in [4.78, 5) is 5.71. The molecule has 108 valence electrons. The van der Waals surface area contributed by atoms with E-state index in [2.05, 4.69) is 10.3 Å². The summed E-state index contributed by atoms with van der Waals surface area (Å²) in [5.74, 6) is 0.892. The van der Waals surface area contributed by atoms with Crippen molar-refractivity contribution < 1.29 is 9.47 Å². The van der Waals surface area contributed by atoms with Gasteiger partial charge in [0.1, 0.15) is 10.8 Å². The Morgan fingerprint density at radius 2 is 2.15 bits per heavy atom. The highest BCUT2D eigenvalue weighted by Crippen LogP contribution is 2.32. The molecule has 2 rings (SSSR count). The van der Waals surface area contributed by atoms with Crippen LogP contribution in [0.4, 0.5) is 0 Å². The second-order valence-corrected chi connectivity index (χ2v) is 5.35. The molecule has 0 spiro atoms. The number of thiazole rings is 1. The number of hydrogen-bond acceptors (Lipinski definition) is 5. The van der Waals surface area contributed by atoms with Crippen LogP contribution in [0.15, 0.2) is 30.5 Å². The molecule has 0 atom stereocenters. The third kappa shape index (κ3) is 4.03. The first kappa shape index (κ1) is 15.0. The van der Waals surface area contributed by atoms with E-state index >= 15 is 0 Å². The van der Waals surface area contributed by atoms with Crippen molar-refractivity contribution in [1.82, 2.24) is 10.3 Å². The van der Waals surface area contributed by atoms with Gasteiger partial charge in [0.25, 0.3) is 0 Å². The maximum atomic E-state index is 5.65. The van der Waals surface area contributed by atoms with Crippen LogP contribution in [0, 0.1) is 0 Å². The highest BCUT2D eigenvalue weighted by molar-refractivity contribution is 7.15. The van der Waals surface area contributed by atoms with Gasteiger partial charge in [-0.25, -0.2) is 4.98 Å². The number of aromatic nitrogens is 1. The lowest BCUT2D eigenvalue weighted by Gasteiger charge is -2.07. The van der Waals surface area contributed by atoms with Gasteiger partial charge in [0.15, 0.2) is 0 Å². The van der Waals surface area contributed by atoms with Crippen molar-refractivity contribution in [3.63, 3.8) is 0 Å². The normalized spacial score (nSPS) is 10.7. The van der Waals surface area contributed by atoms with Crippen molar-refractivity contribution in [2.75, 3.05) is 26.9 Å². The molecule has 0 saturated heterocycles. The zero-order valence-corrected chi connectivity index (χ0v) is 12.7. The van der Waals surface area contributed by atoms with Gasteiger partial charge in [-0.15, -0.1) is 11.3 Å². The van der Waals surface area contributed by atoms with E-state index in [1.54, 1.807) is 18.4 Å². The van der Waals surface area contributed by atoms with Crippen LogP contribution in [0.5, 0.6) is 5.75 Å². The summed E-state index contributed by atoms with van der Waals surface area (Å²) in [6.45, 7) is 5.04. The molecule has 0 unspecified atom stereocenters. The van der Waals surface area contributed by atoms with Crippen LogP contribution in [0.3, 0.4) is 0 Å². The molecule has 1 aromatic heterocycles. The SMILES string of the molecule is CCOc1ccccc1-c1ncc(CNCCOC)s1. The quantitative estimate of drug-likeness (QED) is 0.760. The lowest BCUT2D eigenvalue weighted by molar-refractivity contribution is 0.199. The monoisotopic (exact) mass is 292 g/mol. The summed E-state index contributed by atoms with van der Waals surface area (Å²) >= 11 is 1.69. The summed E-state index contributed by atoms with van der Waals surface area (Å²) in [6, 6.07) is 8.02. The van der Waals surface area contributed by atoms with Crippen molar-refractivity contribution in [2.45, 2.75) is 13.5 Å². The third-order valence-corrected chi connectivity index (χ3v) is 3.78. The van der Waals surface area contributed by atoms with E-state index in [9.17, 15) is 0 Å². The molecule has 2 aromatic rings. The zero-order valence-electron chi connectivity index (χ0n) is 11.9. The van der Waals surface area contributed by atoms with Crippen LogP contribution >= 0.6 is 11.3 Å². The molecule has 0 aliphatic heterocycles. The van der Waals surface area contributed by atoms with Gasteiger partial charge in [0.2, 0.25) is 0 Å². The molecule has 20 heavy (non-hydrogen) atoms. The molecule has 0 aliphatic rings. The molecule has 5 heteroatoms. The number of para-hydroxylation sites is 1. The average Bonchev–Trinajstić information content (AvgIpc) is 2.93. The van der Waals surface area contributed by atoms with E-state index < -0.39 is 0 Å². The standard InChI is InChI=1S/C15H20N2O2S/c1-3-19-14-7-5-4-6-13(14)15-17-11-12(20-15)10-16-8-9-18-2/h4-7,11,16H,3,8-10H2,1-2H3. The summed E-state index contributed by atoms with van der Waals surface area (Å²) in [6.07, 6.45) is 1.92. The molecular formula is C15H20N2O2S. The van der Waals surface area contributed by atoms with Gasteiger partial charge in [-0.05, 0) is 19.1 Å². The maximum Gasteiger partial charge on any atom is 0.129 e. The van der Waals surface area contributed by atoms with Crippen molar-refractivity contribution >= 4 is 11.3 Å². The zero-order chi connectivity index (χ0) is 14.2.